The second-order valence-corrected chi connectivity index (χ2v) is 4.06. The number of carbonyl (C=O) groups is 1. The van der Waals surface area contributed by atoms with Gasteiger partial charge in [-0.3, -0.25) is 14.9 Å². The van der Waals surface area contributed by atoms with E-state index >= 15 is 0 Å². The van der Waals surface area contributed by atoms with Gasteiger partial charge in [-0.25, -0.2) is 4.98 Å². The largest absolute Gasteiger partial charge is 0.491 e. The molecule has 0 aliphatic heterocycles. The highest BCUT2D eigenvalue weighted by Gasteiger charge is 2.17. The van der Waals surface area contributed by atoms with Gasteiger partial charge < -0.3 is 16.2 Å². The van der Waals surface area contributed by atoms with Gasteiger partial charge in [0.05, 0.1) is 4.92 Å². The zero-order chi connectivity index (χ0) is 14.7. The fourth-order valence-electron chi connectivity index (χ4n) is 1.67. The monoisotopic (exact) mass is 276 g/mol. The SMILES string of the molecule is NC(=O)C(N)COc1ccc([N+](=O)[O-])c2ncccc12. The maximum atomic E-state index is 10.9. The first-order valence-corrected chi connectivity index (χ1v) is 5.70. The highest BCUT2D eigenvalue weighted by molar-refractivity contribution is 5.92. The zero-order valence-electron chi connectivity index (χ0n) is 10.4. The Morgan fingerprint density at radius 1 is 1.45 bits per heavy atom. The van der Waals surface area contributed by atoms with E-state index in [9.17, 15) is 14.9 Å². The minimum atomic E-state index is -0.947. The van der Waals surface area contributed by atoms with E-state index in [0.717, 1.165) is 0 Å². The number of nitrogens with zero attached hydrogens (tertiary/aromatic N) is 2. The fraction of sp³-hybridized carbons (Fsp3) is 0.167. The number of nitro benzene ring substituents is 1. The lowest BCUT2D eigenvalue weighted by Gasteiger charge is -2.11. The quantitative estimate of drug-likeness (QED) is 0.597. The number of benzene rings is 1. The van der Waals surface area contributed by atoms with Crippen LogP contribution in [-0.4, -0.2) is 28.5 Å². The number of hydrogen-bond acceptors (Lipinski definition) is 6. The molecule has 0 radical (unpaired) electrons. The molecule has 8 nitrogen and oxygen atoms in total. The molecule has 2 rings (SSSR count). The number of fused-ring (bicyclic) bond motifs is 1. The van der Waals surface area contributed by atoms with Crippen molar-refractivity contribution in [1.82, 2.24) is 4.98 Å². The molecule has 0 spiro atoms. The highest BCUT2D eigenvalue weighted by atomic mass is 16.6. The number of non-ortho nitro benzene ring substituents is 1. The zero-order valence-corrected chi connectivity index (χ0v) is 10.4. The molecule has 1 amide bonds. The average Bonchev–Trinajstić information content (AvgIpc) is 2.43. The van der Waals surface area contributed by atoms with Gasteiger partial charge >= 0.3 is 0 Å². The van der Waals surface area contributed by atoms with Crippen LogP contribution in [0.25, 0.3) is 10.9 Å². The van der Waals surface area contributed by atoms with Crippen molar-refractivity contribution in [2.45, 2.75) is 6.04 Å². The second-order valence-electron chi connectivity index (χ2n) is 4.06. The molecule has 4 N–H and O–H groups in total. The van der Waals surface area contributed by atoms with Crippen molar-refractivity contribution < 1.29 is 14.5 Å². The molecule has 0 saturated heterocycles. The maximum Gasteiger partial charge on any atom is 0.295 e. The van der Waals surface area contributed by atoms with Crippen LogP contribution in [0.5, 0.6) is 5.75 Å². The number of aromatic nitrogens is 1. The molecule has 0 aliphatic carbocycles. The highest BCUT2D eigenvalue weighted by Crippen LogP contribution is 2.31. The number of rotatable bonds is 5. The molecule has 1 unspecified atom stereocenters. The van der Waals surface area contributed by atoms with Crippen LogP contribution in [0.2, 0.25) is 0 Å². The third-order valence-electron chi connectivity index (χ3n) is 2.69. The van der Waals surface area contributed by atoms with E-state index in [-0.39, 0.29) is 17.8 Å². The van der Waals surface area contributed by atoms with Gasteiger partial charge in [0.25, 0.3) is 5.69 Å². The summed E-state index contributed by atoms with van der Waals surface area (Å²) < 4.78 is 5.39. The predicted octanol–water partition coefficient (Wildman–Crippen LogP) is 0.334. The Morgan fingerprint density at radius 2 is 2.20 bits per heavy atom. The summed E-state index contributed by atoms with van der Waals surface area (Å²) in [5.74, 6) is -0.329. The number of nitrogens with two attached hydrogens (primary N) is 2. The molecule has 1 heterocycles. The number of amides is 1. The second kappa shape index (κ2) is 5.49. The first-order chi connectivity index (χ1) is 9.50. The van der Waals surface area contributed by atoms with Crippen LogP contribution in [0.15, 0.2) is 30.5 Å². The van der Waals surface area contributed by atoms with Crippen LogP contribution in [0.4, 0.5) is 5.69 Å². The Morgan fingerprint density at radius 3 is 2.85 bits per heavy atom. The van der Waals surface area contributed by atoms with Gasteiger partial charge in [0, 0.05) is 17.6 Å². The lowest BCUT2D eigenvalue weighted by atomic mass is 10.1. The van der Waals surface area contributed by atoms with Crippen LogP contribution < -0.4 is 16.2 Å². The third kappa shape index (κ3) is 2.64. The summed E-state index contributed by atoms with van der Waals surface area (Å²) in [6.45, 7) is -0.114. The van der Waals surface area contributed by atoms with Crippen LogP contribution in [0, 0.1) is 10.1 Å². The van der Waals surface area contributed by atoms with Crippen molar-refractivity contribution in [2.24, 2.45) is 11.5 Å². The van der Waals surface area contributed by atoms with Gasteiger partial charge in [0.15, 0.2) is 5.52 Å². The minimum absolute atomic E-state index is 0.114. The summed E-state index contributed by atoms with van der Waals surface area (Å²) in [6, 6.07) is 5.06. The molecule has 0 aliphatic rings. The maximum absolute atomic E-state index is 10.9. The van der Waals surface area contributed by atoms with E-state index in [1.807, 2.05) is 0 Å². The molecular weight excluding hydrogens is 264 g/mol. The number of nitro groups is 1. The molecule has 0 bridgehead atoms. The summed E-state index contributed by atoms with van der Waals surface area (Å²) >= 11 is 0. The van der Waals surface area contributed by atoms with Gasteiger partial charge in [-0.15, -0.1) is 0 Å². The number of pyridine rings is 1. The molecule has 2 aromatic rings. The normalized spacial score (nSPS) is 12.1. The molecule has 104 valence electrons. The lowest BCUT2D eigenvalue weighted by molar-refractivity contribution is -0.383. The topological polar surface area (TPSA) is 134 Å². The number of ether oxygens (including phenoxy) is 1. The smallest absolute Gasteiger partial charge is 0.295 e. The molecule has 1 aromatic heterocycles. The van der Waals surface area contributed by atoms with Crippen molar-refractivity contribution in [1.29, 1.82) is 0 Å². The molecule has 1 atom stereocenters. The fourth-order valence-corrected chi connectivity index (χ4v) is 1.67. The number of carbonyl (C=O) groups excluding carboxylic acids is 1. The molecule has 0 fully saturated rings. The molecule has 20 heavy (non-hydrogen) atoms. The van der Waals surface area contributed by atoms with Crippen molar-refractivity contribution in [3.63, 3.8) is 0 Å². The van der Waals surface area contributed by atoms with E-state index < -0.39 is 16.9 Å². The molecular formula is C12H12N4O4. The van der Waals surface area contributed by atoms with Crippen LogP contribution >= 0.6 is 0 Å². The third-order valence-corrected chi connectivity index (χ3v) is 2.69. The Hall–Kier alpha value is -2.74. The van der Waals surface area contributed by atoms with Gasteiger partial charge in [0.1, 0.15) is 18.4 Å². The van der Waals surface area contributed by atoms with Crippen molar-refractivity contribution >= 4 is 22.5 Å². The minimum Gasteiger partial charge on any atom is -0.491 e. The van der Waals surface area contributed by atoms with E-state index in [1.54, 1.807) is 12.1 Å². The molecule has 1 aromatic carbocycles. The van der Waals surface area contributed by atoms with Gasteiger partial charge in [-0.1, -0.05) is 0 Å². The van der Waals surface area contributed by atoms with Gasteiger partial charge in [0.2, 0.25) is 5.91 Å². The van der Waals surface area contributed by atoms with Crippen molar-refractivity contribution in [3.8, 4) is 5.75 Å². The van der Waals surface area contributed by atoms with Crippen molar-refractivity contribution in [3.05, 3.63) is 40.6 Å². The van der Waals surface area contributed by atoms with Crippen LogP contribution in [0.1, 0.15) is 0 Å². The molecule has 0 saturated carbocycles. The summed E-state index contributed by atoms with van der Waals surface area (Å²) in [5.41, 5.74) is 10.6. The van der Waals surface area contributed by atoms with Crippen molar-refractivity contribution in [2.75, 3.05) is 6.61 Å². The Labute approximate surface area is 113 Å². The first-order valence-electron chi connectivity index (χ1n) is 5.70. The molecule has 8 heteroatoms. The van der Waals surface area contributed by atoms with Crippen LogP contribution in [-0.2, 0) is 4.79 Å². The number of hydrogen-bond donors (Lipinski definition) is 2. The van der Waals surface area contributed by atoms with Gasteiger partial charge in [-0.05, 0) is 18.2 Å². The summed E-state index contributed by atoms with van der Waals surface area (Å²) in [4.78, 5) is 25.2. The van der Waals surface area contributed by atoms with E-state index in [4.69, 9.17) is 16.2 Å². The Kier molecular flexibility index (Phi) is 3.76. The van der Waals surface area contributed by atoms with Crippen LogP contribution in [0.3, 0.4) is 0 Å². The first kappa shape index (κ1) is 13.7. The average molecular weight is 276 g/mol. The standard InChI is InChI=1S/C12H12N4O4/c13-8(12(14)17)6-20-10-4-3-9(16(18)19)11-7(10)2-1-5-15-11/h1-5,8H,6,13H2,(H2,14,17). The van der Waals surface area contributed by atoms with E-state index in [0.29, 0.717) is 11.1 Å². The summed E-state index contributed by atoms with van der Waals surface area (Å²) in [6.07, 6.45) is 1.45. The van der Waals surface area contributed by atoms with Gasteiger partial charge in [-0.2, -0.15) is 0 Å². The Balaban J connectivity index is 2.38. The van der Waals surface area contributed by atoms with E-state index in [2.05, 4.69) is 4.98 Å². The van der Waals surface area contributed by atoms with E-state index in [1.165, 1.54) is 18.3 Å². The number of primary amides is 1. The lowest BCUT2D eigenvalue weighted by Crippen LogP contribution is -2.41. The summed E-state index contributed by atoms with van der Waals surface area (Å²) in [5, 5.41) is 11.4. The Bertz CT molecular complexity index is 674. The summed E-state index contributed by atoms with van der Waals surface area (Å²) in [7, 11) is 0. The predicted molar refractivity (Wildman–Crippen MR) is 71.1 cm³/mol.